The number of halogens is 1. The molecular weight excluding hydrogens is 220 g/mol. The first-order chi connectivity index (χ1) is 7.39. The standard InChI is InChI=1S/C13H24N2.ClH/c1-4-12(10-14-8-1)11-15-9-3-7-13(15)5-2-6-13;/h12,14H,1-11H2;1H. The number of piperidine rings is 1. The van der Waals surface area contributed by atoms with E-state index in [4.69, 9.17) is 0 Å². The maximum absolute atomic E-state index is 3.55. The van der Waals surface area contributed by atoms with Gasteiger partial charge in [0.1, 0.15) is 0 Å². The van der Waals surface area contributed by atoms with E-state index in [9.17, 15) is 0 Å². The van der Waals surface area contributed by atoms with E-state index in [1.165, 1.54) is 71.1 Å². The molecule has 3 aliphatic rings. The highest BCUT2D eigenvalue weighted by Crippen LogP contribution is 2.45. The Kier molecular flexibility index (Phi) is 4.15. The molecule has 1 N–H and O–H groups in total. The zero-order valence-electron chi connectivity index (χ0n) is 10.2. The third-order valence-corrected chi connectivity index (χ3v) is 4.90. The summed E-state index contributed by atoms with van der Waals surface area (Å²) in [4.78, 5) is 2.84. The van der Waals surface area contributed by atoms with E-state index < -0.39 is 0 Å². The Bertz CT molecular complexity index is 222. The SMILES string of the molecule is C1CNCC(CN2CCCC23CCC3)C1.Cl. The van der Waals surface area contributed by atoms with Crippen LogP contribution in [-0.4, -0.2) is 36.6 Å². The van der Waals surface area contributed by atoms with Crippen LogP contribution in [0.4, 0.5) is 0 Å². The summed E-state index contributed by atoms with van der Waals surface area (Å²) in [5, 5.41) is 3.55. The van der Waals surface area contributed by atoms with Crippen LogP contribution in [0, 0.1) is 5.92 Å². The number of nitrogens with one attached hydrogen (secondary N) is 1. The summed E-state index contributed by atoms with van der Waals surface area (Å²) in [5.41, 5.74) is 0.692. The summed E-state index contributed by atoms with van der Waals surface area (Å²) in [7, 11) is 0. The first kappa shape index (κ1) is 12.7. The second-order valence-corrected chi connectivity index (χ2v) is 5.84. The largest absolute Gasteiger partial charge is 0.316 e. The molecule has 0 bridgehead atoms. The number of hydrogen-bond acceptors (Lipinski definition) is 2. The van der Waals surface area contributed by atoms with Gasteiger partial charge in [-0.2, -0.15) is 0 Å². The van der Waals surface area contributed by atoms with Crippen LogP contribution in [0.3, 0.4) is 0 Å². The van der Waals surface area contributed by atoms with Crippen LogP contribution in [0.1, 0.15) is 44.9 Å². The fourth-order valence-corrected chi connectivity index (χ4v) is 3.82. The third kappa shape index (κ3) is 2.25. The van der Waals surface area contributed by atoms with Gasteiger partial charge in [0, 0.05) is 12.1 Å². The van der Waals surface area contributed by atoms with Crippen LogP contribution in [-0.2, 0) is 0 Å². The van der Waals surface area contributed by atoms with Gasteiger partial charge in [0.15, 0.2) is 0 Å². The van der Waals surface area contributed by atoms with E-state index in [1.54, 1.807) is 0 Å². The first-order valence-electron chi connectivity index (χ1n) is 6.85. The highest BCUT2D eigenvalue weighted by Gasteiger charge is 2.45. The zero-order valence-corrected chi connectivity index (χ0v) is 11.0. The molecule has 2 nitrogen and oxygen atoms in total. The second-order valence-electron chi connectivity index (χ2n) is 5.84. The van der Waals surface area contributed by atoms with Crippen molar-refractivity contribution in [2.24, 2.45) is 5.92 Å². The van der Waals surface area contributed by atoms with Crippen molar-refractivity contribution in [3.63, 3.8) is 0 Å². The lowest BCUT2D eigenvalue weighted by molar-refractivity contribution is 0.0395. The average molecular weight is 245 g/mol. The van der Waals surface area contributed by atoms with Crippen molar-refractivity contribution in [3.8, 4) is 0 Å². The molecular formula is C13H25ClN2. The third-order valence-electron chi connectivity index (χ3n) is 4.90. The molecule has 1 saturated carbocycles. The number of rotatable bonds is 2. The number of hydrogen-bond donors (Lipinski definition) is 1. The van der Waals surface area contributed by atoms with Gasteiger partial charge >= 0.3 is 0 Å². The summed E-state index contributed by atoms with van der Waals surface area (Å²) < 4.78 is 0. The Hall–Kier alpha value is 0.210. The van der Waals surface area contributed by atoms with Crippen LogP contribution in [0.5, 0.6) is 0 Å². The normalized spacial score (nSPS) is 33.4. The van der Waals surface area contributed by atoms with Gasteiger partial charge in [0.2, 0.25) is 0 Å². The Morgan fingerprint density at radius 1 is 1.12 bits per heavy atom. The van der Waals surface area contributed by atoms with E-state index in [0.29, 0.717) is 5.54 Å². The summed E-state index contributed by atoms with van der Waals surface area (Å²) in [6, 6.07) is 0. The highest BCUT2D eigenvalue weighted by molar-refractivity contribution is 5.85. The average Bonchev–Trinajstić information content (AvgIpc) is 2.62. The van der Waals surface area contributed by atoms with Gasteiger partial charge < -0.3 is 5.32 Å². The molecule has 2 aliphatic heterocycles. The van der Waals surface area contributed by atoms with Crippen molar-refractivity contribution in [3.05, 3.63) is 0 Å². The molecule has 3 heteroatoms. The van der Waals surface area contributed by atoms with Gasteiger partial charge in [-0.05, 0) is 70.5 Å². The van der Waals surface area contributed by atoms with Crippen molar-refractivity contribution in [2.75, 3.05) is 26.2 Å². The van der Waals surface area contributed by atoms with Crippen LogP contribution in [0.15, 0.2) is 0 Å². The molecule has 2 saturated heterocycles. The molecule has 1 unspecified atom stereocenters. The Balaban J connectivity index is 0.000000963. The lowest BCUT2D eigenvalue weighted by Crippen LogP contribution is -2.52. The quantitative estimate of drug-likeness (QED) is 0.803. The Labute approximate surface area is 106 Å². The zero-order chi connectivity index (χ0) is 10.1. The lowest BCUT2D eigenvalue weighted by Gasteiger charge is -2.47. The predicted molar refractivity (Wildman–Crippen MR) is 70.2 cm³/mol. The maximum Gasteiger partial charge on any atom is 0.0210 e. The van der Waals surface area contributed by atoms with Crippen LogP contribution in [0.25, 0.3) is 0 Å². The van der Waals surface area contributed by atoms with Gasteiger partial charge in [-0.1, -0.05) is 0 Å². The van der Waals surface area contributed by atoms with Crippen molar-refractivity contribution in [1.29, 1.82) is 0 Å². The molecule has 1 spiro atoms. The summed E-state index contributed by atoms with van der Waals surface area (Å²) in [5.74, 6) is 0.939. The molecule has 1 atom stereocenters. The van der Waals surface area contributed by atoms with E-state index >= 15 is 0 Å². The number of likely N-dealkylation sites (tertiary alicyclic amines) is 1. The van der Waals surface area contributed by atoms with Crippen LogP contribution < -0.4 is 5.32 Å². The molecule has 3 rings (SSSR count). The first-order valence-corrected chi connectivity index (χ1v) is 6.85. The van der Waals surface area contributed by atoms with Crippen molar-refractivity contribution < 1.29 is 0 Å². The monoisotopic (exact) mass is 244 g/mol. The van der Waals surface area contributed by atoms with Gasteiger partial charge in [0.25, 0.3) is 0 Å². The summed E-state index contributed by atoms with van der Waals surface area (Å²) in [6.07, 6.45) is 10.3. The van der Waals surface area contributed by atoms with E-state index in [2.05, 4.69) is 10.2 Å². The van der Waals surface area contributed by atoms with Crippen LogP contribution in [0.2, 0.25) is 0 Å². The molecule has 1 aliphatic carbocycles. The molecule has 0 aromatic heterocycles. The van der Waals surface area contributed by atoms with E-state index in [1.807, 2.05) is 0 Å². The van der Waals surface area contributed by atoms with Crippen molar-refractivity contribution in [2.45, 2.75) is 50.5 Å². The molecule has 0 aromatic carbocycles. The van der Waals surface area contributed by atoms with Gasteiger partial charge in [-0.3, -0.25) is 4.90 Å². The molecule has 94 valence electrons. The maximum atomic E-state index is 3.55. The van der Waals surface area contributed by atoms with Gasteiger partial charge in [-0.15, -0.1) is 12.4 Å². The molecule has 0 radical (unpaired) electrons. The minimum atomic E-state index is 0. The molecule has 0 aromatic rings. The Morgan fingerprint density at radius 3 is 2.56 bits per heavy atom. The molecule has 2 heterocycles. The summed E-state index contributed by atoms with van der Waals surface area (Å²) in [6.45, 7) is 5.29. The molecule has 16 heavy (non-hydrogen) atoms. The van der Waals surface area contributed by atoms with Gasteiger partial charge in [-0.25, -0.2) is 0 Å². The van der Waals surface area contributed by atoms with E-state index in [0.717, 1.165) is 5.92 Å². The minimum absolute atomic E-state index is 0. The molecule has 3 fully saturated rings. The lowest BCUT2D eigenvalue weighted by atomic mass is 9.74. The topological polar surface area (TPSA) is 15.3 Å². The Morgan fingerprint density at radius 2 is 1.94 bits per heavy atom. The fourth-order valence-electron chi connectivity index (χ4n) is 3.82. The second kappa shape index (κ2) is 5.24. The highest BCUT2D eigenvalue weighted by atomic mass is 35.5. The van der Waals surface area contributed by atoms with Gasteiger partial charge in [0.05, 0.1) is 0 Å². The van der Waals surface area contributed by atoms with Crippen LogP contribution >= 0.6 is 12.4 Å². The van der Waals surface area contributed by atoms with Crippen molar-refractivity contribution in [1.82, 2.24) is 10.2 Å². The van der Waals surface area contributed by atoms with E-state index in [-0.39, 0.29) is 12.4 Å². The smallest absolute Gasteiger partial charge is 0.0210 e. The van der Waals surface area contributed by atoms with Crippen molar-refractivity contribution >= 4 is 12.4 Å². The fraction of sp³-hybridized carbons (Fsp3) is 1.00. The molecule has 0 amide bonds. The summed E-state index contributed by atoms with van der Waals surface area (Å²) >= 11 is 0. The predicted octanol–water partition coefficient (Wildman–Crippen LogP) is 2.43. The minimum Gasteiger partial charge on any atom is -0.316 e. The number of nitrogens with zero attached hydrogens (tertiary/aromatic N) is 1.